The average Bonchev–Trinajstić information content (AvgIpc) is 3.52. The summed E-state index contributed by atoms with van der Waals surface area (Å²) >= 11 is 0. The number of nitrogen functional groups attached to an aromatic ring is 1. The van der Waals surface area contributed by atoms with Crippen LogP contribution in [0, 0.1) is 0 Å². The first-order valence-electron chi connectivity index (χ1n) is 10.9. The Balaban J connectivity index is 1.25. The van der Waals surface area contributed by atoms with Gasteiger partial charge in [-0.05, 0) is 66.8 Å². The molecule has 1 fully saturated rings. The number of hydrogen-bond donors (Lipinski definition) is 4. The van der Waals surface area contributed by atoms with Gasteiger partial charge in [0.05, 0.1) is 11.4 Å². The zero-order chi connectivity index (χ0) is 22.5. The van der Waals surface area contributed by atoms with Gasteiger partial charge in [-0.25, -0.2) is 0 Å². The highest BCUT2D eigenvalue weighted by molar-refractivity contribution is 6.05. The predicted molar refractivity (Wildman–Crippen MR) is 129 cm³/mol. The predicted octanol–water partition coefficient (Wildman–Crippen LogP) is 4.30. The second kappa shape index (κ2) is 9.66. The fraction of sp³-hybridized carbons (Fsp3) is 0.231. The highest BCUT2D eigenvalue weighted by Gasteiger charge is 2.34. The van der Waals surface area contributed by atoms with Crippen molar-refractivity contribution in [2.45, 2.75) is 37.6 Å². The summed E-state index contributed by atoms with van der Waals surface area (Å²) in [6.45, 7) is 0. The molecule has 1 aliphatic carbocycles. The summed E-state index contributed by atoms with van der Waals surface area (Å²) in [5.74, 6) is 0.232. The summed E-state index contributed by atoms with van der Waals surface area (Å²) in [6, 6.07) is 22.8. The zero-order valence-electron chi connectivity index (χ0n) is 17.9. The van der Waals surface area contributed by atoms with E-state index in [9.17, 15) is 9.59 Å². The number of hydrogen-bond acceptors (Lipinski definition) is 4. The molecule has 1 saturated carbocycles. The summed E-state index contributed by atoms with van der Waals surface area (Å²) < 4.78 is 0. The monoisotopic (exact) mass is 428 g/mol. The van der Waals surface area contributed by atoms with Crippen molar-refractivity contribution in [3.8, 4) is 0 Å². The topological polar surface area (TPSA) is 110 Å². The third-order valence-electron chi connectivity index (χ3n) is 5.73. The molecule has 2 atom stereocenters. The van der Waals surface area contributed by atoms with Gasteiger partial charge >= 0.3 is 0 Å². The van der Waals surface area contributed by atoms with Crippen LogP contribution in [0.4, 0.5) is 17.1 Å². The molecule has 32 heavy (non-hydrogen) atoms. The van der Waals surface area contributed by atoms with Crippen LogP contribution < -0.4 is 22.1 Å². The Morgan fingerprint density at radius 2 is 1.69 bits per heavy atom. The van der Waals surface area contributed by atoms with Crippen molar-refractivity contribution >= 4 is 28.9 Å². The molecule has 3 aromatic carbocycles. The molecule has 6 N–H and O–H groups in total. The summed E-state index contributed by atoms with van der Waals surface area (Å²) in [6.07, 6.45) is 2.85. The van der Waals surface area contributed by atoms with Crippen LogP contribution in [0.5, 0.6) is 0 Å². The zero-order valence-corrected chi connectivity index (χ0v) is 17.9. The Labute approximate surface area is 188 Å². The van der Waals surface area contributed by atoms with Crippen molar-refractivity contribution in [2.24, 2.45) is 5.73 Å². The summed E-state index contributed by atoms with van der Waals surface area (Å²) in [7, 11) is 0. The number of benzene rings is 3. The molecular weight excluding hydrogens is 400 g/mol. The molecule has 0 radical (unpaired) electrons. The summed E-state index contributed by atoms with van der Waals surface area (Å²) in [4.78, 5) is 24.8. The van der Waals surface area contributed by atoms with Gasteiger partial charge in [0, 0.05) is 29.6 Å². The van der Waals surface area contributed by atoms with Crippen molar-refractivity contribution < 1.29 is 9.59 Å². The molecule has 0 spiro atoms. The first kappa shape index (κ1) is 21.6. The van der Waals surface area contributed by atoms with Gasteiger partial charge in [0.1, 0.15) is 0 Å². The van der Waals surface area contributed by atoms with Gasteiger partial charge in [0.2, 0.25) is 5.91 Å². The molecule has 1 aliphatic rings. The van der Waals surface area contributed by atoms with Crippen LogP contribution in [0.1, 0.15) is 46.7 Å². The Kier molecular flexibility index (Phi) is 6.52. The van der Waals surface area contributed by atoms with Crippen LogP contribution >= 0.6 is 0 Å². The molecule has 0 aromatic heterocycles. The fourth-order valence-electron chi connectivity index (χ4n) is 3.76. The highest BCUT2D eigenvalue weighted by atomic mass is 16.2. The Morgan fingerprint density at radius 1 is 0.938 bits per heavy atom. The number of carbonyl (C=O) groups is 2. The third-order valence-corrected chi connectivity index (χ3v) is 5.73. The van der Waals surface area contributed by atoms with Crippen molar-refractivity contribution in [1.82, 2.24) is 0 Å². The van der Waals surface area contributed by atoms with Crippen LogP contribution in [0.3, 0.4) is 0 Å². The summed E-state index contributed by atoms with van der Waals surface area (Å²) in [5.41, 5.74) is 16.5. The normalized spacial score (nSPS) is 16.9. The molecule has 0 saturated heterocycles. The van der Waals surface area contributed by atoms with Gasteiger partial charge in [-0.3, -0.25) is 9.59 Å². The van der Waals surface area contributed by atoms with E-state index in [-0.39, 0.29) is 17.9 Å². The standard InChI is InChI=1S/C26H28N4O2/c27-22-8-1-2-9-24(22)30-26(32)19-7-3-5-17(15-19)6-4-10-25(31)29-20-13-11-18(12-14-20)21-16-23(21)28/h1-3,5,7-9,11-15,21,23H,4,6,10,16,27-28H2,(H,29,31)(H,30,32). The van der Waals surface area contributed by atoms with E-state index in [1.54, 1.807) is 18.2 Å². The number of carbonyl (C=O) groups excluding carboxylic acids is 2. The van der Waals surface area contributed by atoms with Crippen molar-refractivity contribution in [2.75, 3.05) is 16.4 Å². The first-order chi connectivity index (χ1) is 15.5. The van der Waals surface area contributed by atoms with E-state index in [0.29, 0.717) is 42.1 Å². The average molecular weight is 429 g/mol. The third kappa shape index (κ3) is 5.53. The van der Waals surface area contributed by atoms with Gasteiger partial charge in [-0.2, -0.15) is 0 Å². The maximum absolute atomic E-state index is 12.6. The molecule has 0 aliphatic heterocycles. The number of para-hydroxylation sites is 2. The number of rotatable bonds is 8. The van der Waals surface area contributed by atoms with Crippen molar-refractivity contribution in [1.29, 1.82) is 0 Å². The van der Waals surface area contributed by atoms with E-state index in [0.717, 1.165) is 17.7 Å². The highest BCUT2D eigenvalue weighted by Crippen LogP contribution is 2.39. The fourth-order valence-corrected chi connectivity index (χ4v) is 3.76. The molecule has 4 rings (SSSR count). The lowest BCUT2D eigenvalue weighted by molar-refractivity contribution is -0.116. The molecule has 6 nitrogen and oxygen atoms in total. The first-order valence-corrected chi connectivity index (χ1v) is 10.9. The molecule has 0 heterocycles. The Hall–Kier alpha value is -3.64. The van der Waals surface area contributed by atoms with Gasteiger partial charge in [-0.15, -0.1) is 0 Å². The molecule has 2 unspecified atom stereocenters. The number of anilines is 3. The quantitative estimate of drug-likeness (QED) is 0.401. The number of aryl methyl sites for hydroxylation is 1. The minimum Gasteiger partial charge on any atom is -0.397 e. The molecule has 3 aromatic rings. The lowest BCUT2D eigenvalue weighted by atomic mass is 10.0. The lowest BCUT2D eigenvalue weighted by Crippen LogP contribution is -2.13. The van der Waals surface area contributed by atoms with Gasteiger partial charge in [0.15, 0.2) is 0 Å². The van der Waals surface area contributed by atoms with Crippen LogP contribution in [-0.4, -0.2) is 17.9 Å². The number of nitrogens with one attached hydrogen (secondary N) is 2. The van der Waals surface area contributed by atoms with Crippen LogP contribution in [-0.2, 0) is 11.2 Å². The number of amides is 2. The SMILES string of the molecule is Nc1ccccc1NC(=O)c1cccc(CCCC(=O)Nc2ccc(C3CC3N)cc2)c1. The Bertz CT molecular complexity index is 1110. The van der Waals surface area contributed by atoms with E-state index in [1.165, 1.54) is 5.56 Å². The molecule has 2 amide bonds. The molecule has 6 heteroatoms. The minimum atomic E-state index is -0.210. The van der Waals surface area contributed by atoms with Gasteiger partial charge in [-0.1, -0.05) is 36.4 Å². The smallest absolute Gasteiger partial charge is 0.255 e. The van der Waals surface area contributed by atoms with Crippen LogP contribution in [0.2, 0.25) is 0 Å². The maximum atomic E-state index is 12.6. The van der Waals surface area contributed by atoms with Crippen molar-refractivity contribution in [3.05, 3.63) is 89.5 Å². The van der Waals surface area contributed by atoms with E-state index >= 15 is 0 Å². The second-order valence-corrected chi connectivity index (χ2v) is 8.27. The molecular formula is C26H28N4O2. The summed E-state index contributed by atoms with van der Waals surface area (Å²) in [5, 5.41) is 5.78. The second-order valence-electron chi connectivity index (χ2n) is 8.27. The Morgan fingerprint density at radius 3 is 2.41 bits per heavy atom. The van der Waals surface area contributed by atoms with Crippen LogP contribution in [0.25, 0.3) is 0 Å². The van der Waals surface area contributed by atoms with E-state index < -0.39 is 0 Å². The largest absolute Gasteiger partial charge is 0.397 e. The van der Waals surface area contributed by atoms with E-state index in [1.807, 2.05) is 54.6 Å². The van der Waals surface area contributed by atoms with Gasteiger partial charge < -0.3 is 22.1 Å². The maximum Gasteiger partial charge on any atom is 0.255 e. The van der Waals surface area contributed by atoms with Gasteiger partial charge in [0.25, 0.3) is 5.91 Å². The molecule has 164 valence electrons. The number of nitrogens with two attached hydrogens (primary N) is 2. The van der Waals surface area contributed by atoms with E-state index in [2.05, 4.69) is 10.6 Å². The van der Waals surface area contributed by atoms with Crippen LogP contribution in [0.15, 0.2) is 72.8 Å². The minimum absolute atomic E-state index is 0.0191. The molecule has 0 bridgehead atoms. The van der Waals surface area contributed by atoms with Crippen molar-refractivity contribution in [3.63, 3.8) is 0 Å². The lowest BCUT2D eigenvalue weighted by Gasteiger charge is -2.09. The van der Waals surface area contributed by atoms with E-state index in [4.69, 9.17) is 11.5 Å².